The van der Waals surface area contributed by atoms with Crippen LogP contribution in [0.1, 0.15) is 19.4 Å². The number of hydrogen-bond acceptors (Lipinski definition) is 3. The Kier molecular flexibility index (Phi) is 4.52. The van der Waals surface area contributed by atoms with Crippen LogP contribution in [0.3, 0.4) is 0 Å². The van der Waals surface area contributed by atoms with Gasteiger partial charge in [0.1, 0.15) is 5.69 Å². The normalized spacial score (nSPS) is 11.0. The Balaban J connectivity index is 3.06. The summed E-state index contributed by atoms with van der Waals surface area (Å²) in [6, 6.07) is 2.42. The fourth-order valence-electron chi connectivity index (χ4n) is 1.37. The highest BCUT2D eigenvalue weighted by Gasteiger charge is 2.32. The van der Waals surface area contributed by atoms with Crippen molar-refractivity contribution in [2.24, 2.45) is 0 Å². The molecule has 0 saturated heterocycles. The fraction of sp³-hybridized carbons (Fsp3) is 0.333. The summed E-state index contributed by atoms with van der Waals surface area (Å²) in [6.45, 7) is 4.01. The molecule has 1 rings (SSSR count). The van der Waals surface area contributed by atoms with E-state index in [4.69, 9.17) is 0 Å². The lowest BCUT2D eigenvalue weighted by atomic mass is 10.1. The van der Waals surface area contributed by atoms with E-state index >= 15 is 0 Å². The van der Waals surface area contributed by atoms with Crippen LogP contribution in [0, 0.1) is 10.1 Å². The second kappa shape index (κ2) is 5.73. The number of hydrogen-bond donors (Lipinski definition) is 1. The second-order valence-corrected chi connectivity index (χ2v) is 4.15. The largest absolute Gasteiger partial charge is 0.416 e. The highest BCUT2D eigenvalue weighted by Crippen LogP contribution is 2.34. The lowest BCUT2D eigenvalue weighted by Crippen LogP contribution is -2.08. The summed E-state index contributed by atoms with van der Waals surface area (Å²) in [5.41, 5.74) is -0.554. The topological polar surface area (TPSA) is 55.2 Å². The van der Waals surface area contributed by atoms with Crippen molar-refractivity contribution in [2.75, 3.05) is 11.9 Å². The van der Waals surface area contributed by atoms with Gasteiger partial charge in [0.25, 0.3) is 5.69 Å². The van der Waals surface area contributed by atoms with Gasteiger partial charge in [-0.15, -0.1) is 0 Å². The van der Waals surface area contributed by atoms with Crippen LogP contribution < -0.4 is 5.32 Å². The van der Waals surface area contributed by atoms with Crippen molar-refractivity contribution in [3.8, 4) is 0 Å². The molecule has 0 radical (unpaired) electrons. The van der Waals surface area contributed by atoms with Gasteiger partial charge in [-0.05, 0) is 26.0 Å². The van der Waals surface area contributed by atoms with E-state index in [1.54, 1.807) is 6.08 Å². The van der Waals surface area contributed by atoms with E-state index in [0.717, 1.165) is 17.7 Å². The molecule has 0 spiro atoms. The van der Waals surface area contributed by atoms with E-state index in [2.05, 4.69) is 5.32 Å². The van der Waals surface area contributed by atoms with Gasteiger partial charge in [-0.2, -0.15) is 13.2 Å². The highest BCUT2D eigenvalue weighted by molar-refractivity contribution is 5.63. The number of nitro benzene ring substituents is 1. The average molecular weight is 274 g/mol. The Bertz CT molecular complexity index is 506. The monoisotopic (exact) mass is 274 g/mol. The predicted molar refractivity (Wildman–Crippen MR) is 66.0 cm³/mol. The molecule has 0 bridgehead atoms. The fourth-order valence-corrected chi connectivity index (χ4v) is 1.37. The maximum Gasteiger partial charge on any atom is 0.416 e. The summed E-state index contributed by atoms with van der Waals surface area (Å²) in [4.78, 5) is 9.95. The Morgan fingerprint density at radius 2 is 2.05 bits per heavy atom. The number of allylic oxidation sites excluding steroid dienone is 1. The van der Waals surface area contributed by atoms with Crippen LogP contribution in [0.25, 0.3) is 0 Å². The third kappa shape index (κ3) is 4.27. The van der Waals surface area contributed by atoms with Crippen LogP contribution in [-0.4, -0.2) is 11.5 Å². The molecule has 104 valence electrons. The van der Waals surface area contributed by atoms with Crippen LogP contribution in [0.15, 0.2) is 29.8 Å². The van der Waals surface area contributed by atoms with Crippen LogP contribution in [0.5, 0.6) is 0 Å². The third-order valence-corrected chi connectivity index (χ3v) is 2.32. The number of nitrogens with one attached hydrogen (secondary N) is 1. The number of benzene rings is 1. The van der Waals surface area contributed by atoms with Crippen molar-refractivity contribution in [3.05, 3.63) is 45.5 Å². The highest BCUT2D eigenvalue weighted by atomic mass is 19.4. The zero-order chi connectivity index (χ0) is 14.6. The van der Waals surface area contributed by atoms with Gasteiger partial charge in [0.15, 0.2) is 0 Å². The third-order valence-electron chi connectivity index (χ3n) is 2.32. The summed E-state index contributed by atoms with van der Waals surface area (Å²) < 4.78 is 37.4. The summed E-state index contributed by atoms with van der Waals surface area (Å²) in [7, 11) is 0. The molecule has 0 aliphatic heterocycles. The Hall–Kier alpha value is -2.05. The molecule has 0 atom stereocenters. The number of anilines is 1. The van der Waals surface area contributed by atoms with Gasteiger partial charge >= 0.3 is 6.18 Å². The van der Waals surface area contributed by atoms with Gasteiger partial charge < -0.3 is 5.32 Å². The number of nitro groups is 1. The van der Waals surface area contributed by atoms with Gasteiger partial charge in [-0.3, -0.25) is 10.1 Å². The van der Waals surface area contributed by atoms with E-state index in [-0.39, 0.29) is 5.69 Å². The maximum absolute atomic E-state index is 12.5. The summed E-state index contributed by atoms with van der Waals surface area (Å²) in [5.74, 6) is 0. The van der Waals surface area contributed by atoms with E-state index < -0.39 is 22.4 Å². The molecular formula is C12H13F3N2O2. The number of alkyl halides is 3. The predicted octanol–water partition coefficient (Wildman–Crippen LogP) is 3.99. The molecular weight excluding hydrogens is 261 g/mol. The number of rotatable bonds is 4. The van der Waals surface area contributed by atoms with E-state index in [9.17, 15) is 23.3 Å². The maximum atomic E-state index is 12.5. The summed E-state index contributed by atoms with van der Waals surface area (Å²) in [6.07, 6.45) is -2.81. The Morgan fingerprint density at radius 3 is 2.53 bits per heavy atom. The molecule has 1 N–H and O–H groups in total. The van der Waals surface area contributed by atoms with Gasteiger partial charge in [-0.25, -0.2) is 0 Å². The lowest BCUT2D eigenvalue weighted by Gasteiger charge is -2.09. The first-order valence-corrected chi connectivity index (χ1v) is 5.44. The molecule has 0 aliphatic rings. The zero-order valence-corrected chi connectivity index (χ0v) is 10.4. The lowest BCUT2D eigenvalue weighted by molar-refractivity contribution is -0.384. The Labute approximate surface area is 108 Å². The van der Waals surface area contributed by atoms with Crippen LogP contribution in [0.2, 0.25) is 0 Å². The van der Waals surface area contributed by atoms with Gasteiger partial charge in [-0.1, -0.05) is 11.6 Å². The zero-order valence-electron chi connectivity index (χ0n) is 10.4. The molecule has 19 heavy (non-hydrogen) atoms. The molecule has 0 fully saturated rings. The molecule has 4 nitrogen and oxygen atoms in total. The van der Waals surface area contributed by atoms with Crippen molar-refractivity contribution >= 4 is 11.4 Å². The summed E-state index contributed by atoms with van der Waals surface area (Å²) in [5, 5.41) is 13.5. The van der Waals surface area contributed by atoms with Gasteiger partial charge in [0, 0.05) is 12.6 Å². The molecule has 0 aliphatic carbocycles. The van der Waals surface area contributed by atoms with Crippen molar-refractivity contribution in [2.45, 2.75) is 20.0 Å². The SMILES string of the molecule is CC(C)=CCNc1ccc(C(F)(F)F)cc1[N+](=O)[O-]. The molecule has 0 unspecified atom stereocenters. The quantitative estimate of drug-likeness (QED) is 0.513. The van der Waals surface area contributed by atoms with E-state index in [1.165, 1.54) is 0 Å². The van der Waals surface area contributed by atoms with Gasteiger partial charge in [0.2, 0.25) is 0 Å². The summed E-state index contributed by atoms with van der Waals surface area (Å²) >= 11 is 0. The molecule has 1 aromatic rings. The van der Waals surface area contributed by atoms with Crippen molar-refractivity contribution in [1.82, 2.24) is 0 Å². The van der Waals surface area contributed by atoms with Crippen molar-refractivity contribution in [3.63, 3.8) is 0 Å². The minimum absolute atomic E-state index is 0.0653. The molecule has 0 amide bonds. The van der Waals surface area contributed by atoms with Crippen LogP contribution in [-0.2, 0) is 6.18 Å². The smallest absolute Gasteiger partial charge is 0.376 e. The number of halogens is 3. The minimum Gasteiger partial charge on any atom is -0.376 e. The van der Waals surface area contributed by atoms with Crippen LogP contribution in [0.4, 0.5) is 24.5 Å². The molecule has 7 heteroatoms. The average Bonchev–Trinajstić information content (AvgIpc) is 2.27. The molecule has 1 aromatic carbocycles. The molecule has 0 saturated carbocycles. The molecule has 0 heterocycles. The second-order valence-electron chi connectivity index (χ2n) is 4.15. The first-order chi connectivity index (χ1) is 8.71. The molecule has 0 aromatic heterocycles. The first kappa shape index (κ1) is 15.0. The van der Waals surface area contributed by atoms with Crippen molar-refractivity contribution in [1.29, 1.82) is 0 Å². The van der Waals surface area contributed by atoms with E-state index in [0.29, 0.717) is 12.6 Å². The number of nitrogens with zero attached hydrogens (tertiary/aromatic N) is 1. The van der Waals surface area contributed by atoms with Crippen LogP contribution >= 0.6 is 0 Å². The Morgan fingerprint density at radius 1 is 1.42 bits per heavy atom. The van der Waals surface area contributed by atoms with E-state index in [1.807, 2.05) is 13.8 Å². The standard InChI is InChI=1S/C12H13F3N2O2/c1-8(2)5-6-16-10-4-3-9(12(13,14)15)7-11(10)17(18)19/h3-5,7,16H,6H2,1-2H3. The minimum atomic E-state index is -4.59. The van der Waals surface area contributed by atoms with Gasteiger partial charge in [0.05, 0.1) is 10.5 Å². The first-order valence-electron chi connectivity index (χ1n) is 5.44. The van der Waals surface area contributed by atoms with Crippen molar-refractivity contribution < 1.29 is 18.1 Å².